The third-order valence-electron chi connectivity index (χ3n) is 3.75. The van der Waals surface area contributed by atoms with Crippen molar-refractivity contribution in [3.63, 3.8) is 0 Å². The fourth-order valence-electron chi connectivity index (χ4n) is 2.45. The Morgan fingerprint density at radius 1 is 1.33 bits per heavy atom. The van der Waals surface area contributed by atoms with Crippen molar-refractivity contribution in [2.24, 2.45) is 14.1 Å². The van der Waals surface area contributed by atoms with Gasteiger partial charge in [0.05, 0.1) is 17.2 Å². The molecule has 0 unspecified atom stereocenters. The molecule has 9 nitrogen and oxygen atoms in total. The fourth-order valence-corrected chi connectivity index (χ4v) is 2.96. The zero-order valence-electron chi connectivity index (χ0n) is 14.7. The number of amides is 1. The molecule has 11 heteroatoms. The van der Waals surface area contributed by atoms with Gasteiger partial charge in [-0.25, -0.2) is 14.6 Å². The summed E-state index contributed by atoms with van der Waals surface area (Å²) in [7, 11) is 3.12. The first kappa shape index (κ1) is 19.0. The Labute approximate surface area is 163 Å². The highest BCUT2D eigenvalue weighted by Gasteiger charge is 2.26. The van der Waals surface area contributed by atoms with Crippen LogP contribution in [0.3, 0.4) is 0 Å². The van der Waals surface area contributed by atoms with E-state index in [4.69, 9.17) is 27.9 Å². The summed E-state index contributed by atoms with van der Waals surface area (Å²) in [6.45, 7) is 1.95. The summed E-state index contributed by atoms with van der Waals surface area (Å²) in [6, 6.07) is 4.71. The lowest BCUT2D eigenvalue weighted by molar-refractivity contribution is 0.101. The molecule has 3 aromatic rings. The maximum absolute atomic E-state index is 12.8. The van der Waals surface area contributed by atoms with Crippen molar-refractivity contribution >= 4 is 35.1 Å². The Hall–Kier alpha value is -2.78. The van der Waals surface area contributed by atoms with Crippen LogP contribution in [-0.4, -0.2) is 37.3 Å². The van der Waals surface area contributed by atoms with Crippen LogP contribution in [0, 0.1) is 0 Å². The molecule has 2 heterocycles. The number of nitrogens with one attached hydrogen (secondary N) is 2. The van der Waals surface area contributed by atoms with E-state index in [1.54, 1.807) is 26.1 Å². The molecule has 3 rings (SSSR count). The molecular formula is C16H16Cl2N6O3. The van der Waals surface area contributed by atoms with E-state index < -0.39 is 11.5 Å². The number of halogens is 2. The Bertz CT molecular complexity index is 1070. The van der Waals surface area contributed by atoms with Crippen molar-refractivity contribution in [2.45, 2.75) is 6.92 Å². The van der Waals surface area contributed by atoms with Crippen LogP contribution in [0.2, 0.25) is 10.0 Å². The van der Waals surface area contributed by atoms with E-state index in [9.17, 15) is 9.59 Å². The number of carbonyl (C=O) groups is 1. The van der Waals surface area contributed by atoms with E-state index in [2.05, 4.69) is 20.7 Å². The van der Waals surface area contributed by atoms with Crippen LogP contribution in [0.15, 0.2) is 23.0 Å². The molecule has 0 atom stereocenters. The molecule has 2 N–H and O–H groups in total. The van der Waals surface area contributed by atoms with Gasteiger partial charge in [-0.05, 0) is 19.1 Å². The molecular weight excluding hydrogens is 395 g/mol. The van der Waals surface area contributed by atoms with Gasteiger partial charge in [-0.2, -0.15) is 5.10 Å². The summed E-state index contributed by atoms with van der Waals surface area (Å²) in [6.07, 6.45) is 0. The Balaban J connectivity index is 2.21. The molecule has 27 heavy (non-hydrogen) atoms. The minimum atomic E-state index is -0.576. The minimum Gasteiger partial charge on any atom is -0.490 e. The van der Waals surface area contributed by atoms with E-state index in [1.165, 1.54) is 17.8 Å². The summed E-state index contributed by atoms with van der Waals surface area (Å²) in [5.41, 5.74) is -0.00788. The molecule has 0 saturated heterocycles. The number of benzene rings is 1. The topological polar surface area (TPSA) is 107 Å². The van der Waals surface area contributed by atoms with Crippen molar-refractivity contribution < 1.29 is 9.53 Å². The molecule has 1 amide bonds. The second-order valence-corrected chi connectivity index (χ2v) is 6.43. The summed E-state index contributed by atoms with van der Waals surface area (Å²) in [5.74, 6) is -0.227. The molecule has 0 bridgehead atoms. The monoisotopic (exact) mass is 410 g/mol. The van der Waals surface area contributed by atoms with Gasteiger partial charge in [0.15, 0.2) is 11.4 Å². The third-order valence-corrected chi connectivity index (χ3v) is 4.30. The number of nitrogens with zero attached hydrogens (tertiary/aromatic N) is 4. The van der Waals surface area contributed by atoms with Gasteiger partial charge in [-0.15, -0.1) is 5.10 Å². The summed E-state index contributed by atoms with van der Waals surface area (Å²) in [5, 5.41) is 13.8. The van der Waals surface area contributed by atoms with Crippen LogP contribution < -0.4 is 15.6 Å². The predicted octanol–water partition coefficient (Wildman–Crippen LogP) is 2.47. The lowest BCUT2D eigenvalue weighted by atomic mass is 10.1. The van der Waals surface area contributed by atoms with Gasteiger partial charge < -0.3 is 4.74 Å². The average molecular weight is 411 g/mol. The highest BCUT2D eigenvalue weighted by molar-refractivity contribution is 6.36. The zero-order chi connectivity index (χ0) is 19.7. The maximum atomic E-state index is 12.8. The van der Waals surface area contributed by atoms with Crippen molar-refractivity contribution in [1.29, 1.82) is 0 Å². The van der Waals surface area contributed by atoms with Crippen LogP contribution in [0.5, 0.6) is 5.75 Å². The van der Waals surface area contributed by atoms with Crippen LogP contribution in [0.4, 0.5) is 5.95 Å². The van der Waals surface area contributed by atoms with Crippen LogP contribution in [0.25, 0.3) is 11.1 Å². The maximum Gasteiger partial charge on any atom is 0.282 e. The molecule has 0 radical (unpaired) electrons. The molecule has 0 aliphatic carbocycles. The summed E-state index contributed by atoms with van der Waals surface area (Å²) in [4.78, 5) is 25.5. The SMILES string of the molecule is CCOc1c(C(=O)Nc2n[nH]n2C)nn(C)c(=O)c1-c1ccc(Cl)cc1Cl. The van der Waals surface area contributed by atoms with E-state index in [0.29, 0.717) is 16.5 Å². The van der Waals surface area contributed by atoms with Crippen LogP contribution >= 0.6 is 23.2 Å². The van der Waals surface area contributed by atoms with E-state index in [1.807, 2.05) is 0 Å². The fraction of sp³-hybridized carbons (Fsp3) is 0.250. The minimum absolute atomic E-state index is 0.0397. The molecule has 0 saturated carbocycles. The van der Waals surface area contributed by atoms with Gasteiger partial charge in [-0.1, -0.05) is 29.3 Å². The zero-order valence-corrected chi connectivity index (χ0v) is 16.2. The molecule has 0 fully saturated rings. The number of anilines is 1. The van der Waals surface area contributed by atoms with Gasteiger partial charge in [-0.3, -0.25) is 14.9 Å². The van der Waals surface area contributed by atoms with E-state index in [-0.39, 0.29) is 28.6 Å². The first-order valence-corrected chi connectivity index (χ1v) is 8.67. The second kappa shape index (κ2) is 7.45. The molecule has 2 aromatic heterocycles. The van der Waals surface area contributed by atoms with Crippen LogP contribution in [0.1, 0.15) is 17.4 Å². The highest BCUT2D eigenvalue weighted by Crippen LogP contribution is 2.35. The van der Waals surface area contributed by atoms with Gasteiger partial charge in [0.2, 0.25) is 5.95 Å². The third kappa shape index (κ3) is 3.56. The molecule has 0 aliphatic rings. The van der Waals surface area contributed by atoms with Gasteiger partial charge in [0.25, 0.3) is 11.5 Å². The summed E-state index contributed by atoms with van der Waals surface area (Å²) < 4.78 is 8.20. The number of aromatic amines is 1. The number of ether oxygens (including phenoxy) is 1. The molecule has 0 spiro atoms. The quantitative estimate of drug-likeness (QED) is 0.671. The Morgan fingerprint density at radius 3 is 2.63 bits per heavy atom. The number of rotatable bonds is 5. The Morgan fingerprint density at radius 2 is 2.07 bits per heavy atom. The number of aromatic nitrogens is 5. The van der Waals surface area contributed by atoms with Crippen molar-refractivity contribution in [1.82, 2.24) is 24.8 Å². The lowest BCUT2D eigenvalue weighted by Crippen LogP contribution is -2.29. The number of H-pyrrole nitrogens is 1. The number of aryl methyl sites for hydroxylation is 2. The van der Waals surface area contributed by atoms with Crippen molar-refractivity contribution in [3.8, 4) is 16.9 Å². The second-order valence-electron chi connectivity index (χ2n) is 5.59. The normalized spacial score (nSPS) is 10.9. The standard InChI is InChI=1S/C16H16Cl2N6O3/c1-4-27-13-11(9-6-5-8(17)7-10(9)18)15(26)23(2)21-12(13)14(25)19-16-20-22-24(16)3/h5-7,22H,4H2,1-3H3,(H,19,20,25). The Kier molecular flexibility index (Phi) is 5.24. The average Bonchev–Trinajstić information content (AvgIpc) is 2.62. The first-order chi connectivity index (χ1) is 12.8. The molecule has 142 valence electrons. The smallest absolute Gasteiger partial charge is 0.282 e. The highest BCUT2D eigenvalue weighted by atomic mass is 35.5. The van der Waals surface area contributed by atoms with Gasteiger partial charge in [0.1, 0.15) is 0 Å². The van der Waals surface area contributed by atoms with Crippen LogP contribution in [-0.2, 0) is 14.1 Å². The lowest BCUT2D eigenvalue weighted by Gasteiger charge is -2.17. The molecule has 1 aromatic carbocycles. The predicted molar refractivity (Wildman–Crippen MR) is 102 cm³/mol. The van der Waals surface area contributed by atoms with E-state index >= 15 is 0 Å². The summed E-state index contributed by atoms with van der Waals surface area (Å²) >= 11 is 12.2. The van der Waals surface area contributed by atoms with Crippen molar-refractivity contribution in [2.75, 3.05) is 11.9 Å². The number of carbonyl (C=O) groups excluding carboxylic acids is 1. The van der Waals surface area contributed by atoms with Gasteiger partial charge in [0, 0.05) is 24.7 Å². The molecule has 0 aliphatic heterocycles. The number of hydrogen-bond acceptors (Lipinski definition) is 5. The van der Waals surface area contributed by atoms with Gasteiger partial charge >= 0.3 is 0 Å². The first-order valence-electron chi connectivity index (χ1n) is 7.91. The number of hydrogen-bond donors (Lipinski definition) is 2. The largest absolute Gasteiger partial charge is 0.490 e. The van der Waals surface area contributed by atoms with Crippen molar-refractivity contribution in [3.05, 3.63) is 44.3 Å². The van der Waals surface area contributed by atoms with E-state index in [0.717, 1.165) is 4.68 Å².